The summed E-state index contributed by atoms with van der Waals surface area (Å²) < 4.78 is 15.9. The minimum atomic E-state index is 0.898. The molecule has 0 spiro atoms. The van der Waals surface area contributed by atoms with Gasteiger partial charge >= 0.3 is 0 Å². The molecule has 3 heterocycles. The average molecular weight is 769 g/mol. The zero-order valence-corrected chi connectivity index (χ0v) is 32.5. The van der Waals surface area contributed by atoms with Gasteiger partial charge in [0.05, 0.1) is 0 Å². The maximum Gasteiger partial charge on any atom is 0.143 e. The summed E-state index contributed by atoms with van der Waals surface area (Å²) in [4.78, 5) is 0. The summed E-state index contributed by atoms with van der Waals surface area (Å²) in [5, 5.41) is 13.2. The molecule has 2 nitrogen and oxygen atoms in total. The molecule has 0 aliphatic carbocycles. The van der Waals surface area contributed by atoms with Crippen LogP contribution in [0.5, 0.6) is 0 Å². The lowest BCUT2D eigenvalue weighted by atomic mass is 9.85. The Hall–Kier alpha value is -7.46. The van der Waals surface area contributed by atoms with Crippen molar-refractivity contribution in [1.82, 2.24) is 0 Å². The predicted octanol–water partition coefficient (Wildman–Crippen LogP) is 16.8. The van der Waals surface area contributed by atoms with E-state index in [4.69, 9.17) is 8.83 Å². The van der Waals surface area contributed by atoms with Gasteiger partial charge in [-0.05, 0) is 91.0 Å². The summed E-state index contributed by atoms with van der Waals surface area (Å²) in [7, 11) is 0. The Labute approximate surface area is 342 Å². The first-order chi connectivity index (χ1) is 29.3. The minimum absolute atomic E-state index is 0.898. The molecule has 13 rings (SSSR count). The van der Waals surface area contributed by atoms with Gasteiger partial charge in [-0.15, -0.1) is 11.3 Å². The van der Waals surface area contributed by atoms with Crippen LogP contribution in [-0.4, -0.2) is 0 Å². The summed E-state index contributed by atoms with van der Waals surface area (Å²) in [6.45, 7) is 0. The lowest BCUT2D eigenvalue weighted by Crippen LogP contribution is -1.91. The van der Waals surface area contributed by atoms with Crippen molar-refractivity contribution in [2.75, 3.05) is 0 Å². The molecule has 0 N–H and O–H groups in total. The Morgan fingerprint density at radius 1 is 0.322 bits per heavy atom. The molecular formula is C56H32O2S. The minimum Gasteiger partial charge on any atom is -0.456 e. The smallest absolute Gasteiger partial charge is 0.143 e. The van der Waals surface area contributed by atoms with Crippen LogP contribution in [0.1, 0.15) is 0 Å². The van der Waals surface area contributed by atoms with Crippen molar-refractivity contribution in [2.45, 2.75) is 0 Å². The molecule has 0 aliphatic rings. The third-order valence-electron chi connectivity index (χ3n) is 12.2. The molecule has 0 atom stereocenters. The zero-order valence-electron chi connectivity index (χ0n) is 31.7. The predicted molar refractivity (Wildman–Crippen MR) is 251 cm³/mol. The lowest BCUT2D eigenvalue weighted by molar-refractivity contribution is 0.632. The molecule has 59 heavy (non-hydrogen) atoms. The van der Waals surface area contributed by atoms with E-state index in [1.807, 2.05) is 11.3 Å². The molecule has 10 aromatic carbocycles. The topological polar surface area (TPSA) is 26.3 Å². The van der Waals surface area contributed by atoms with Crippen molar-refractivity contribution in [2.24, 2.45) is 0 Å². The van der Waals surface area contributed by atoms with Crippen molar-refractivity contribution in [3.8, 4) is 44.7 Å². The van der Waals surface area contributed by atoms with E-state index in [-0.39, 0.29) is 0 Å². The Morgan fingerprint density at radius 3 is 1.66 bits per heavy atom. The molecule has 0 radical (unpaired) electrons. The highest BCUT2D eigenvalue weighted by Gasteiger charge is 2.24. The maximum absolute atomic E-state index is 6.81. The van der Waals surface area contributed by atoms with Gasteiger partial charge in [0.2, 0.25) is 0 Å². The Kier molecular flexibility index (Phi) is 6.92. The number of thiophene rings is 1. The third-order valence-corrected chi connectivity index (χ3v) is 13.4. The number of hydrogen-bond acceptors (Lipinski definition) is 3. The van der Waals surface area contributed by atoms with E-state index in [1.54, 1.807) is 0 Å². The molecular weight excluding hydrogens is 737 g/mol. The van der Waals surface area contributed by atoms with Gasteiger partial charge < -0.3 is 8.83 Å². The fraction of sp³-hybridized carbons (Fsp3) is 0. The Bertz CT molecular complexity index is 3770. The van der Waals surface area contributed by atoms with E-state index >= 15 is 0 Å². The first kappa shape index (κ1) is 32.6. The fourth-order valence-corrected chi connectivity index (χ4v) is 10.9. The van der Waals surface area contributed by atoms with Crippen molar-refractivity contribution in [1.29, 1.82) is 0 Å². The SMILES string of the molecule is c1ccc(-c2oc3ccc4sc5c(-c6c7ccccc7c(-c7ccc8c(c7)oc7cc9ccccc9cc78)c7ccccc67)cccc5c4c3c2-c2ccccc2)cc1. The summed E-state index contributed by atoms with van der Waals surface area (Å²) in [6.07, 6.45) is 0. The monoisotopic (exact) mass is 768 g/mol. The molecule has 0 saturated heterocycles. The second-order valence-corrected chi connectivity index (χ2v) is 16.5. The molecule has 0 saturated carbocycles. The van der Waals surface area contributed by atoms with Crippen LogP contribution in [0.2, 0.25) is 0 Å². The van der Waals surface area contributed by atoms with Gasteiger partial charge in [-0.25, -0.2) is 0 Å². The molecule has 0 aliphatic heterocycles. The largest absolute Gasteiger partial charge is 0.456 e. The third kappa shape index (κ3) is 4.80. The van der Waals surface area contributed by atoms with E-state index in [0.29, 0.717) is 0 Å². The van der Waals surface area contributed by atoms with Gasteiger partial charge in [0, 0.05) is 53.0 Å². The molecule has 13 aromatic rings. The second kappa shape index (κ2) is 12.5. The Balaban J connectivity index is 1.07. The average Bonchev–Trinajstić information content (AvgIpc) is 3.99. The van der Waals surface area contributed by atoms with E-state index in [9.17, 15) is 0 Å². The van der Waals surface area contributed by atoms with Gasteiger partial charge in [0.25, 0.3) is 0 Å². The number of fused-ring (bicyclic) bond motifs is 11. The molecule has 274 valence electrons. The van der Waals surface area contributed by atoms with Crippen molar-refractivity contribution >= 4 is 96.7 Å². The van der Waals surface area contributed by atoms with Crippen LogP contribution in [0.15, 0.2) is 203 Å². The first-order valence-corrected chi connectivity index (χ1v) is 20.9. The summed E-state index contributed by atoms with van der Waals surface area (Å²) >= 11 is 1.87. The van der Waals surface area contributed by atoms with E-state index in [0.717, 1.165) is 60.9 Å². The van der Waals surface area contributed by atoms with Crippen LogP contribution < -0.4 is 0 Å². The van der Waals surface area contributed by atoms with E-state index < -0.39 is 0 Å². The van der Waals surface area contributed by atoms with Crippen molar-refractivity contribution < 1.29 is 8.83 Å². The summed E-state index contributed by atoms with van der Waals surface area (Å²) in [5.41, 5.74) is 10.9. The van der Waals surface area contributed by atoms with Gasteiger partial charge in [-0.1, -0.05) is 158 Å². The fourth-order valence-electron chi connectivity index (χ4n) is 9.70. The number of furan rings is 2. The zero-order chi connectivity index (χ0) is 38.6. The molecule has 0 bridgehead atoms. The summed E-state index contributed by atoms with van der Waals surface area (Å²) in [5.74, 6) is 0.900. The first-order valence-electron chi connectivity index (χ1n) is 20.1. The standard InChI is InChI=1S/C56H32O2S/c1-3-14-33(15-4-1)51-54-46(58-55(51)34-16-5-2-6-17-34)28-29-49-53(54)44-25-13-24-43(56(44)59-49)52-41-22-11-9-20-39(41)50(40-21-10-12-23-42(40)52)37-26-27-38-45-30-35-18-7-8-19-36(35)31-48(45)57-47(38)32-37/h1-32H. The highest BCUT2D eigenvalue weighted by Crippen LogP contribution is 2.52. The van der Waals surface area contributed by atoms with Crippen LogP contribution in [0.4, 0.5) is 0 Å². The number of hydrogen-bond donors (Lipinski definition) is 0. The van der Waals surface area contributed by atoms with Crippen LogP contribution in [0.3, 0.4) is 0 Å². The van der Waals surface area contributed by atoms with Crippen LogP contribution in [-0.2, 0) is 0 Å². The Morgan fingerprint density at radius 2 is 0.932 bits per heavy atom. The lowest BCUT2D eigenvalue weighted by Gasteiger charge is -2.18. The quantitative estimate of drug-likeness (QED) is 0.167. The molecule has 0 fully saturated rings. The summed E-state index contributed by atoms with van der Waals surface area (Å²) in [6, 6.07) is 70.0. The van der Waals surface area contributed by atoms with Gasteiger partial charge in [-0.2, -0.15) is 0 Å². The maximum atomic E-state index is 6.81. The second-order valence-electron chi connectivity index (χ2n) is 15.5. The van der Waals surface area contributed by atoms with Gasteiger partial charge in [0.1, 0.15) is 22.5 Å². The number of benzene rings is 10. The molecule has 0 amide bonds. The van der Waals surface area contributed by atoms with Gasteiger partial charge in [-0.3, -0.25) is 0 Å². The van der Waals surface area contributed by atoms with Crippen LogP contribution in [0.25, 0.3) is 130 Å². The van der Waals surface area contributed by atoms with E-state index in [2.05, 4.69) is 194 Å². The van der Waals surface area contributed by atoms with E-state index in [1.165, 1.54) is 69.2 Å². The van der Waals surface area contributed by atoms with Crippen LogP contribution >= 0.6 is 11.3 Å². The molecule has 3 heteroatoms. The highest BCUT2D eigenvalue weighted by molar-refractivity contribution is 7.26. The highest BCUT2D eigenvalue weighted by atomic mass is 32.1. The molecule has 0 unspecified atom stereocenters. The van der Waals surface area contributed by atoms with Crippen LogP contribution in [0, 0.1) is 0 Å². The van der Waals surface area contributed by atoms with Crippen molar-refractivity contribution in [3.63, 3.8) is 0 Å². The molecule has 3 aromatic heterocycles. The number of rotatable bonds is 4. The van der Waals surface area contributed by atoms with Gasteiger partial charge in [0.15, 0.2) is 0 Å². The van der Waals surface area contributed by atoms with Crippen molar-refractivity contribution in [3.05, 3.63) is 194 Å². The normalized spacial score (nSPS) is 12.1.